The van der Waals surface area contributed by atoms with Crippen molar-refractivity contribution in [2.24, 2.45) is 22.7 Å². The Hall–Kier alpha value is -0.600. The molecule has 2 nitrogen and oxygen atoms in total. The third-order valence-corrected chi connectivity index (χ3v) is 6.59. The summed E-state index contributed by atoms with van der Waals surface area (Å²) in [5.41, 5.74) is 0.788. The summed E-state index contributed by atoms with van der Waals surface area (Å²) in [6, 6.07) is 0. The van der Waals surface area contributed by atoms with Crippen LogP contribution in [-0.2, 0) is 0 Å². The summed E-state index contributed by atoms with van der Waals surface area (Å²) < 4.78 is 0. The molecule has 2 rings (SSSR count). The first kappa shape index (κ1) is 17.7. The number of aliphatic hydroxyl groups excluding tert-OH is 1. The summed E-state index contributed by atoms with van der Waals surface area (Å²) in [6.45, 7) is 14.7. The van der Waals surface area contributed by atoms with Gasteiger partial charge in [-0.05, 0) is 62.2 Å². The van der Waals surface area contributed by atoms with Gasteiger partial charge in [0.2, 0.25) is 0 Å². The van der Waals surface area contributed by atoms with E-state index < -0.39 is 5.60 Å². The molecule has 0 heterocycles. The lowest BCUT2D eigenvalue weighted by molar-refractivity contribution is -0.0988. The van der Waals surface area contributed by atoms with Crippen LogP contribution in [0.1, 0.15) is 66.7 Å². The molecule has 0 spiro atoms. The fraction of sp³-hybridized carbons (Fsp3) is 0.800. The van der Waals surface area contributed by atoms with E-state index in [1.165, 1.54) is 24.8 Å². The summed E-state index contributed by atoms with van der Waals surface area (Å²) in [6.07, 6.45) is 8.66. The summed E-state index contributed by atoms with van der Waals surface area (Å²) in [4.78, 5) is 0. The molecule has 2 N–H and O–H groups in total. The Kier molecular flexibility index (Phi) is 4.68. The second-order valence-electron chi connectivity index (χ2n) is 8.88. The first-order valence-corrected chi connectivity index (χ1v) is 8.76. The first-order chi connectivity index (χ1) is 10.0. The van der Waals surface area contributed by atoms with Gasteiger partial charge in [-0.3, -0.25) is 0 Å². The highest BCUT2D eigenvalue weighted by atomic mass is 16.3. The minimum absolute atomic E-state index is 0.122. The average molecular weight is 306 g/mol. The molecule has 22 heavy (non-hydrogen) atoms. The molecule has 5 atom stereocenters. The van der Waals surface area contributed by atoms with Gasteiger partial charge in [-0.1, -0.05) is 44.9 Å². The van der Waals surface area contributed by atoms with Crippen molar-refractivity contribution in [2.75, 3.05) is 0 Å². The Bertz CT molecular complexity index is 460. The van der Waals surface area contributed by atoms with Crippen molar-refractivity contribution in [1.82, 2.24) is 0 Å². The van der Waals surface area contributed by atoms with Crippen LogP contribution in [0.15, 0.2) is 24.3 Å². The largest absolute Gasteiger partial charge is 0.389 e. The Morgan fingerprint density at radius 2 is 2.00 bits per heavy atom. The summed E-state index contributed by atoms with van der Waals surface area (Å²) in [5, 5.41) is 21.0. The molecule has 2 aliphatic rings. The predicted molar refractivity (Wildman–Crippen MR) is 92.5 cm³/mol. The maximum absolute atomic E-state index is 10.7. The molecule has 0 aromatic carbocycles. The van der Waals surface area contributed by atoms with Crippen molar-refractivity contribution in [3.05, 3.63) is 24.3 Å². The Balaban J connectivity index is 2.32. The SMILES string of the molecule is C=C[C@@](C)(O)CC[C@H]1C(C)=C[C@H](O)[C@H]2C(C)(C)CCC[C@]12C. The van der Waals surface area contributed by atoms with Gasteiger partial charge in [0, 0.05) is 0 Å². The van der Waals surface area contributed by atoms with Crippen molar-refractivity contribution < 1.29 is 10.2 Å². The van der Waals surface area contributed by atoms with Crippen LogP contribution < -0.4 is 0 Å². The normalized spacial score (nSPS) is 40.3. The molecule has 0 unspecified atom stereocenters. The molecular weight excluding hydrogens is 272 g/mol. The van der Waals surface area contributed by atoms with Crippen LogP contribution in [0.2, 0.25) is 0 Å². The van der Waals surface area contributed by atoms with Gasteiger partial charge in [-0.15, -0.1) is 6.58 Å². The first-order valence-electron chi connectivity index (χ1n) is 8.76. The second-order valence-corrected chi connectivity index (χ2v) is 8.88. The van der Waals surface area contributed by atoms with Gasteiger partial charge in [0.15, 0.2) is 0 Å². The molecule has 1 saturated carbocycles. The maximum atomic E-state index is 10.7. The molecule has 0 aromatic heterocycles. The minimum atomic E-state index is -0.799. The number of aliphatic hydroxyl groups is 2. The van der Waals surface area contributed by atoms with Crippen molar-refractivity contribution in [1.29, 1.82) is 0 Å². The third-order valence-electron chi connectivity index (χ3n) is 6.59. The Morgan fingerprint density at radius 1 is 1.36 bits per heavy atom. The number of allylic oxidation sites excluding steroid dienone is 1. The van der Waals surface area contributed by atoms with E-state index in [9.17, 15) is 10.2 Å². The van der Waals surface area contributed by atoms with Crippen LogP contribution in [0, 0.1) is 22.7 Å². The van der Waals surface area contributed by atoms with Gasteiger partial charge >= 0.3 is 0 Å². The van der Waals surface area contributed by atoms with E-state index in [-0.39, 0.29) is 16.9 Å². The van der Waals surface area contributed by atoms with Crippen LogP contribution in [-0.4, -0.2) is 21.9 Å². The van der Waals surface area contributed by atoms with Gasteiger partial charge < -0.3 is 10.2 Å². The van der Waals surface area contributed by atoms with Gasteiger partial charge in [0.1, 0.15) is 0 Å². The molecule has 126 valence electrons. The monoisotopic (exact) mass is 306 g/mol. The molecule has 0 amide bonds. The molecule has 0 aliphatic heterocycles. The van der Waals surface area contributed by atoms with E-state index in [1.807, 2.05) is 6.92 Å². The summed E-state index contributed by atoms with van der Waals surface area (Å²) in [7, 11) is 0. The average Bonchev–Trinajstić information content (AvgIpc) is 2.36. The van der Waals surface area contributed by atoms with E-state index >= 15 is 0 Å². The molecule has 0 aromatic rings. The molecule has 0 radical (unpaired) electrons. The van der Waals surface area contributed by atoms with Gasteiger partial charge in [0.25, 0.3) is 0 Å². The highest BCUT2D eigenvalue weighted by molar-refractivity contribution is 5.22. The van der Waals surface area contributed by atoms with Gasteiger partial charge in [-0.2, -0.15) is 0 Å². The van der Waals surface area contributed by atoms with E-state index in [1.54, 1.807) is 6.08 Å². The summed E-state index contributed by atoms with van der Waals surface area (Å²) >= 11 is 0. The van der Waals surface area contributed by atoms with Gasteiger partial charge in [-0.25, -0.2) is 0 Å². The number of hydrogen-bond donors (Lipinski definition) is 2. The quantitative estimate of drug-likeness (QED) is 0.752. The predicted octanol–water partition coefficient (Wildman–Crippen LogP) is 4.47. The molecule has 1 fully saturated rings. The smallest absolute Gasteiger partial charge is 0.0797 e. The zero-order valence-electron chi connectivity index (χ0n) is 15.0. The topological polar surface area (TPSA) is 40.5 Å². The second kappa shape index (κ2) is 5.79. The van der Waals surface area contributed by atoms with E-state index in [0.29, 0.717) is 11.8 Å². The Labute approximate surface area is 136 Å². The van der Waals surface area contributed by atoms with Crippen LogP contribution in [0.3, 0.4) is 0 Å². The number of hydrogen-bond acceptors (Lipinski definition) is 2. The number of fused-ring (bicyclic) bond motifs is 1. The van der Waals surface area contributed by atoms with E-state index in [2.05, 4.69) is 40.3 Å². The third kappa shape index (κ3) is 3.05. The number of rotatable bonds is 4. The fourth-order valence-electron chi connectivity index (χ4n) is 5.47. The lowest BCUT2D eigenvalue weighted by Gasteiger charge is -2.58. The van der Waals surface area contributed by atoms with Crippen molar-refractivity contribution >= 4 is 0 Å². The van der Waals surface area contributed by atoms with Crippen LogP contribution in [0.5, 0.6) is 0 Å². The van der Waals surface area contributed by atoms with Crippen molar-refractivity contribution in [2.45, 2.75) is 78.4 Å². The van der Waals surface area contributed by atoms with Crippen LogP contribution in [0.4, 0.5) is 0 Å². The molecule has 2 heteroatoms. The highest BCUT2D eigenvalue weighted by Crippen LogP contribution is 2.60. The molecule has 0 bridgehead atoms. The lowest BCUT2D eigenvalue weighted by Crippen LogP contribution is -2.54. The molecule has 2 aliphatic carbocycles. The van der Waals surface area contributed by atoms with E-state index in [0.717, 1.165) is 12.8 Å². The lowest BCUT2D eigenvalue weighted by atomic mass is 9.47. The maximum Gasteiger partial charge on any atom is 0.0797 e. The standard InChI is InChI=1S/C20H34O2/c1-7-19(5,22)12-9-15-14(2)13-16(21)17-18(3,4)10-8-11-20(15,17)6/h7,13,15-17,21-22H,1,8-12H2,2-6H3/t15-,16-,17-,19+,20+/m0/s1. The molecular formula is C20H34O2. The Morgan fingerprint density at radius 3 is 2.59 bits per heavy atom. The zero-order chi connectivity index (χ0) is 16.8. The van der Waals surface area contributed by atoms with Crippen LogP contribution >= 0.6 is 0 Å². The highest BCUT2D eigenvalue weighted by Gasteiger charge is 2.55. The summed E-state index contributed by atoms with van der Waals surface area (Å²) in [5.74, 6) is 0.739. The zero-order valence-corrected chi connectivity index (χ0v) is 15.0. The van der Waals surface area contributed by atoms with Crippen molar-refractivity contribution in [3.63, 3.8) is 0 Å². The van der Waals surface area contributed by atoms with E-state index in [4.69, 9.17) is 0 Å². The minimum Gasteiger partial charge on any atom is -0.389 e. The fourth-order valence-corrected chi connectivity index (χ4v) is 5.47. The van der Waals surface area contributed by atoms with Gasteiger partial charge in [0.05, 0.1) is 11.7 Å². The van der Waals surface area contributed by atoms with Crippen LogP contribution in [0.25, 0.3) is 0 Å². The van der Waals surface area contributed by atoms with Crippen molar-refractivity contribution in [3.8, 4) is 0 Å². The molecule has 0 saturated heterocycles.